The minimum atomic E-state index is -1.02. The Bertz CT molecular complexity index is 811. The van der Waals surface area contributed by atoms with Crippen LogP contribution in [-0.4, -0.2) is 20.5 Å². The van der Waals surface area contributed by atoms with E-state index in [2.05, 4.69) is 15.4 Å². The molecule has 0 unspecified atom stereocenters. The van der Waals surface area contributed by atoms with Gasteiger partial charge in [-0.25, -0.2) is 13.8 Å². The van der Waals surface area contributed by atoms with Crippen molar-refractivity contribution in [2.75, 3.05) is 5.32 Å². The Hall–Kier alpha value is -2.35. The predicted molar refractivity (Wildman–Crippen MR) is 69.9 cm³/mol. The lowest BCUT2D eigenvalue weighted by Crippen LogP contribution is -2.16. The summed E-state index contributed by atoms with van der Waals surface area (Å²) in [5.74, 6) is -2.47. The summed E-state index contributed by atoms with van der Waals surface area (Å²) in [5, 5.41) is 6.50. The molecule has 1 aromatic carbocycles. The van der Waals surface area contributed by atoms with Gasteiger partial charge in [-0.05, 0) is 19.1 Å². The van der Waals surface area contributed by atoms with Gasteiger partial charge < -0.3 is 5.32 Å². The second-order valence-corrected chi connectivity index (χ2v) is 4.87. The lowest BCUT2D eigenvalue weighted by molar-refractivity contribution is 0.102. The fourth-order valence-electron chi connectivity index (χ4n) is 1.82. The number of carbonyl (C=O) groups is 1. The van der Waals surface area contributed by atoms with E-state index in [9.17, 15) is 13.6 Å². The maximum absolute atomic E-state index is 13.1. The van der Waals surface area contributed by atoms with Gasteiger partial charge in [-0.2, -0.15) is 9.61 Å². The molecule has 20 heavy (non-hydrogen) atoms. The largest absolute Gasteiger partial charge is 0.320 e. The quantitative estimate of drug-likeness (QED) is 0.790. The maximum Gasteiger partial charge on any atom is 0.276 e. The van der Waals surface area contributed by atoms with Crippen LogP contribution in [0.15, 0.2) is 23.7 Å². The molecule has 0 aliphatic rings. The third kappa shape index (κ3) is 2.03. The first-order chi connectivity index (χ1) is 9.56. The molecule has 5 nitrogen and oxygen atoms in total. The Labute approximate surface area is 115 Å². The second kappa shape index (κ2) is 4.64. The first-order valence-corrected chi connectivity index (χ1v) is 6.49. The lowest BCUT2D eigenvalue weighted by atomic mass is 10.2. The molecule has 3 rings (SSSR count). The summed E-state index contributed by atoms with van der Waals surface area (Å²) in [6, 6.07) is 3.15. The van der Waals surface area contributed by atoms with E-state index in [1.165, 1.54) is 21.9 Å². The molecular formula is C12H8F2N4OS. The zero-order valence-electron chi connectivity index (χ0n) is 10.2. The molecule has 0 bridgehead atoms. The summed E-state index contributed by atoms with van der Waals surface area (Å²) in [6.45, 7) is 1.68. The van der Waals surface area contributed by atoms with Gasteiger partial charge in [0.2, 0.25) is 4.96 Å². The molecule has 0 aliphatic carbocycles. The van der Waals surface area contributed by atoms with Gasteiger partial charge in [-0.15, -0.1) is 0 Å². The van der Waals surface area contributed by atoms with Crippen molar-refractivity contribution in [3.8, 4) is 0 Å². The number of hydrogen-bond donors (Lipinski definition) is 1. The zero-order chi connectivity index (χ0) is 14.3. The SMILES string of the molecule is Cc1nc2scnn2c1C(=O)Nc1ccc(F)c(F)c1. The Morgan fingerprint density at radius 3 is 2.90 bits per heavy atom. The van der Waals surface area contributed by atoms with E-state index in [1.54, 1.807) is 12.4 Å². The standard InChI is InChI=1S/C12H8F2N4OS/c1-6-10(18-12(16-6)20-5-15-18)11(19)17-7-2-3-8(13)9(14)4-7/h2-5H,1H3,(H,17,19). The molecule has 8 heteroatoms. The Kier molecular flexibility index (Phi) is 2.94. The molecule has 102 valence electrons. The highest BCUT2D eigenvalue weighted by Crippen LogP contribution is 2.18. The molecule has 2 aromatic heterocycles. The minimum Gasteiger partial charge on any atom is -0.320 e. The first kappa shape index (κ1) is 12.7. The van der Waals surface area contributed by atoms with Crippen molar-refractivity contribution < 1.29 is 13.6 Å². The highest BCUT2D eigenvalue weighted by atomic mass is 32.1. The Morgan fingerprint density at radius 1 is 1.35 bits per heavy atom. The number of fused-ring (bicyclic) bond motifs is 1. The van der Waals surface area contributed by atoms with Crippen LogP contribution in [0.3, 0.4) is 0 Å². The molecule has 3 aromatic rings. The van der Waals surface area contributed by atoms with E-state index in [0.717, 1.165) is 12.1 Å². The average molecular weight is 294 g/mol. The summed E-state index contributed by atoms with van der Waals surface area (Å²) in [6.07, 6.45) is 0. The van der Waals surface area contributed by atoms with Crippen LogP contribution in [-0.2, 0) is 0 Å². The summed E-state index contributed by atoms with van der Waals surface area (Å²) < 4.78 is 27.3. The second-order valence-electron chi connectivity index (χ2n) is 4.06. The van der Waals surface area contributed by atoms with Crippen molar-refractivity contribution in [3.63, 3.8) is 0 Å². The fraction of sp³-hybridized carbons (Fsp3) is 0.0833. The molecule has 0 saturated heterocycles. The minimum absolute atomic E-state index is 0.165. The van der Waals surface area contributed by atoms with Crippen molar-refractivity contribution >= 4 is 27.9 Å². The number of carbonyl (C=O) groups excluding carboxylic acids is 1. The topological polar surface area (TPSA) is 59.3 Å². The monoisotopic (exact) mass is 294 g/mol. The normalized spacial score (nSPS) is 10.9. The van der Waals surface area contributed by atoms with Crippen molar-refractivity contribution in [2.45, 2.75) is 6.92 Å². The van der Waals surface area contributed by atoms with Gasteiger partial charge >= 0.3 is 0 Å². The summed E-state index contributed by atoms with van der Waals surface area (Å²) in [7, 11) is 0. The highest BCUT2D eigenvalue weighted by Gasteiger charge is 2.18. The van der Waals surface area contributed by atoms with E-state index < -0.39 is 17.5 Å². The molecule has 1 amide bonds. The molecule has 0 fully saturated rings. The van der Waals surface area contributed by atoms with Crippen LogP contribution in [0.5, 0.6) is 0 Å². The van der Waals surface area contributed by atoms with Crippen molar-refractivity contribution in [2.24, 2.45) is 0 Å². The Balaban J connectivity index is 1.94. The number of nitrogens with one attached hydrogen (secondary N) is 1. The van der Waals surface area contributed by atoms with Gasteiger partial charge in [0, 0.05) is 11.8 Å². The van der Waals surface area contributed by atoms with Crippen LogP contribution in [0.1, 0.15) is 16.2 Å². The van der Waals surface area contributed by atoms with Crippen LogP contribution >= 0.6 is 11.3 Å². The van der Waals surface area contributed by atoms with Crippen LogP contribution in [0, 0.1) is 18.6 Å². The van der Waals surface area contributed by atoms with Gasteiger partial charge in [-0.1, -0.05) is 11.3 Å². The number of imidazole rings is 1. The molecular weight excluding hydrogens is 286 g/mol. The zero-order valence-corrected chi connectivity index (χ0v) is 11.0. The third-order valence-corrected chi connectivity index (χ3v) is 3.39. The Morgan fingerprint density at radius 2 is 2.15 bits per heavy atom. The number of aromatic nitrogens is 3. The number of anilines is 1. The number of halogens is 2. The molecule has 2 heterocycles. The van der Waals surface area contributed by atoms with Gasteiger partial charge in [0.05, 0.1) is 5.69 Å². The third-order valence-electron chi connectivity index (χ3n) is 2.71. The van der Waals surface area contributed by atoms with Crippen LogP contribution in [0.2, 0.25) is 0 Å². The van der Waals surface area contributed by atoms with E-state index in [1.807, 2.05) is 0 Å². The van der Waals surface area contributed by atoms with Gasteiger partial charge in [0.25, 0.3) is 5.91 Å². The molecule has 0 spiro atoms. The van der Waals surface area contributed by atoms with Crippen LogP contribution in [0.4, 0.5) is 14.5 Å². The van der Waals surface area contributed by atoms with Gasteiger partial charge in [0.15, 0.2) is 17.3 Å². The lowest BCUT2D eigenvalue weighted by Gasteiger charge is -2.05. The number of nitrogens with zero attached hydrogens (tertiary/aromatic N) is 3. The first-order valence-electron chi connectivity index (χ1n) is 5.61. The van der Waals surface area contributed by atoms with E-state index in [0.29, 0.717) is 10.7 Å². The average Bonchev–Trinajstić information content (AvgIpc) is 2.93. The number of amides is 1. The molecule has 0 aliphatic heterocycles. The smallest absolute Gasteiger partial charge is 0.276 e. The number of rotatable bonds is 2. The predicted octanol–water partition coefficient (Wildman–Crippen LogP) is 2.63. The number of aryl methyl sites for hydroxylation is 1. The number of hydrogen-bond acceptors (Lipinski definition) is 4. The molecule has 0 atom stereocenters. The number of benzene rings is 1. The summed E-state index contributed by atoms with van der Waals surface area (Å²) in [4.78, 5) is 17.0. The maximum atomic E-state index is 13.1. The van der Waals surface area contributed by atoms with Crippen molar-refractivity contribution in [1.29, 1.82) is 0 Å². The highest BCUT2D eigenvalue weighted by molar-refractivity contribution is 7.14. The van der Waals surface area contributed by atoms with Crippen LogP contribution in [0.25, 0.3) is 4.96 Å². The molecule has 0 radical (unpaired) electrons. The van der Waals surface area contributed by atoms with Crippen molar-refractivity contribution in [1.82, 2.24) is 14.6 Å². The van der Waals surface area contributed by atoms with E-state index in [-0.39, 0.29) is 11.4 Å². The summed E-state index contributed by atoms with van der Waals surface area (Å²) >= 11 is 1.30. The summed E-state index contributed by atoms with van der Waals surface area (Å²) in [5.41, 5.74) is 2.52. The van der Waals surface area contributed by atoms with Gasteiger partial charge in [0.1, 0.15) is 5.51 Å². The van der Waals surface area contributed by atoms with Crippen LogP contribution < -0.4 is 5.32 Å². The molecule has 1 N–H and O–H groups in total. The van der Waals surface area contributed by atoms with Gasteiger partial charge in [-0.3, -0.25) is 4.79 Å². The fourth-order valence-corrected chi connectivity index (χ4v) is 2.48. The van der Waals surface area contributed by atoms with E-state index >= 15 is 0 Å². The van der Waals surface area contributed by atoms with E-state index in [4.69, 9.17) is 0 Å². The molecule has 0 saturated carbocycles. The van der Waals surface area contributed by atoms with Crippen molar-refractivity contribution in [3.05, 3.63) is 46.7 Å².